The third-order valence-corrected chi connectivity index (χ3v) is 9.43. The van der Waals surface area contributed by atoms with Crippen molar-refractivity contribution in [2.24, 2.45) is 0 Å². The van der Waals surface area contributed by atoms with Crippen LogP contribution in [0.5, 0.6) is 5.75 Å². The minimum absolute atomic E-state index is 0.0207. The molecule has 0 aliphatic carbocycles. The van der Waals surface area contributed by atoms with Crippen molar-refractivity contribution in [2.75, 3.05) is 21.1 Å². The molecule has 1 N–H and O–H groups in total. The summed E-state index contributed by atoms with van der Waals surface area (Å²) in [6.45, 7) is 4.21. The quantitative estimate of drug-likeness (QED) is 0.170. The maximum absolute atomic E-state index is 14.6. The van der Waals surface area contributed by atoms with Gasteiger partial charge in [-0.1, -0.05) is 66.2 Å². The van der Waals surface area contributed by atoms with Crippen LogP contribution in [-0.4, -0.2) is 20.9 Å². The van der Waals surface area contributed by atoms with Crippen LogP contribution in [-0.2, 0) is 22.7 Å². The largest absolute Gasteiger partial charge is 0.494 e. The SMILES string of the molecule is CCOc1ccc(N2C(=O)c3cc(S(=O)(=O)Nc4ccc(C)cc4)ccc3N(Cc3ccccc3)[C@@H]2c2ccccc2C(F)(F)F)cc1. The summed E-state index contributed by atoms with van der Waals surface area (Å²) in [5, 5.41) is 0. The minimum atomic E-state index is -4.72. The van der Waals surface area contributed by atoms with Gasteiger partial charge in [-0.3, -0.25) is 14.4 Å². The molecule has 0 bridgehead atoms. The fraction of sp³-hybridized carbons (Fsp3) is 0.162. The van der Waals surface area contributed by atoms with Crippen molar-refractivity contribution in [3.63, 3.8) is 0 Å². The molecule has 1 aliphatic rings. The summed E-state index contributed by atoms with van der Waals surface area (Å²) in [6, 6.07) is 31.8. The Bertz CT molecular complexity index is 2040. The maximum atomic E-state index is 14.6. The molecule has 6 rings (SSSR count). The van der Waals surface area contributed by atoms with Gasteiger partial charge in [0.25, 0.3) is 15.9 Å². The average molecular weight is 672 g/mol. The number of nitrogens with zero attached hydrogens (tertiary/aromatic N) is 2. The van der Waals surface area contributed by atoms with E-state index in [0.717, 1.165) is 17.2 Å². The number of carbonyl (C=O) groups excluding carboxylic acids is 1. The molecule has 0 aromatic heterocycles. The van der Waals surface area contributed by atoms with Crippen LogP contribution >= 0.6 is 0 Å². The smallest absolute Gasteiger partial charge is 0.416 e. The van der Waals surface area contributed by atoms with Crippen LogP contribution in [0.15, 0.2) is 126 Å². The lowest BCUT2D eigenvalue weighted by atomic mass is 9.96. The Hall–Kier alpha value is -5.29. The molecular weight excluding hydrogens is 639 g/mol. The Morgan fingerprint density at radius 1 is 0.833 bits per heavy atom. The molecule has 0 radical (unpaired) electrons. The van der Waals surface area contributed by atoms with Gasteiger partial charge in [0, 0.05) is 23.5 Å². The van der Waals surface area contributed by atoms with Crippen LogP contribution in [0.25, 0.3) is 0 Å². The van der Waals surface area contributed by atoms with Gasteiger partial charge in [0.15, 0.2) is 0 Å². The number of carbonyl (C=O) groups is 1. The zero-order valence-electron chi connectivity index (χ0n) is 26.1. The van der Waals surface area contributed by atoms with Crippen molar-refractivity contribution in [1.29, 1.82) is 0 Å². The molecule has 7 nitrogen and oxygen atoms in total. The lowest BCUT2D eigenvalue weighted by Gasteiger charge is -2.46. The molecule has 48 heavy (non-hydrogen) atoms. The first-order valence-corrected chi connectivity index (χ1v) is 16.7. The number of amides is 1. The molecule has 0 saturated heterocycles. The highest BCUT2D eigenvalue weighted by atomic mass is 32.2. The normalized spacial score (nSPS) is 14.9. The summed E-state index contributed by atoms with van der Waals surface area (Å²) in [6.07, 6.45) is -5.98. The van der Waals surface area contributed by atoms with Gasteiger partial charge < -0.3 is 9.64 Å². The summed E-state index contributed by atoms with van der Waals surface area (Å²) in [5.41, 5.74) is 1.67. The minimum Gasteiger partial charge on any atom is -0.494 e. The van der Waals surface area contributed by atoms with E-state index in [1.54, 1.807) is 53.4 Å². The van der Waals surface area contributed by atoms with Gasteiger partial charge in [-0.2, -0.15) is 13.2 Å². The Kier molecular flexibility index (Phi) is 8.89. The standard InChI is InChI=1S/C37H32F3N3O4S/c1-3-47-29-19-17-28(18-20-29)43-35(31-11-7-8-12-33(31)37(38,39)40)42(24-26-9-5-4-6-10-26)34-22-21-30(23-32(34)36(43)44)48(45,46)41-27-15-13-25(2)14-16-27/h4-23,35,41H,3,24H2,1-2H3/t35-/m0/s1. The van der Waals surface area contributed by atoms with E-state index in [0.29, 0.717) is 29.4 Å². The number of fused-ring (bicyclic) bond motifs is 1. The van der Waals surface area contributed by atoms with Crippen molar-refractivity contribution in [3.05, 3.63) is 149 Å². The fourth-order valence-corrected chi connectivity index (χ4v) is 6.90. The molecule has 246 valence electrons. The monoisotopic (exact) mass is 671 g/mol. The number of ether oxygens (including phenoxy) is 1. The van der Waals surface area contributed by atoms with Gasteiger partial charge in [-0.05, 0) is 80.1 Å². The first-order valence-electron chi connectivity index (χ1n) is 15.2. The van der Waals surface area contributed by atoms with Gasteiger partial charge in [0.2, 0.25) is 0 Å². The number of nitrogens with one attached hydrogen (secondary N) is 1. The first kappa shape index (κ1) is 32.6. The van der Waals surface area contributed by atoms with Crippen molar-refractivity contribution in [2.45, 2.75) is 37.6 Å². The lowest BCUT2D eigenvalue weighted by molar-refractivity contribution is -0.138. The van der Waals surface area contributed by atoms with Gasteiger partial charge in [-0.15, -0.1) is 0 Å². The van der Waals surface area contributed by atoms with Gasteiger partial charge in [0.1, 0.15) is 11.9 Å². The third kappa shape index (κ3) is 6.59. The van der Waals surface area contributed by atoms with Crippen molar-refractivity contribution >= 4 is 33.0 Å². The highest BCUT2D eigenvalue weighted by Gasteiger charge is 2.44. The summed E-state index contributed by atoms with van der Waals surface area (Å²) in [5.74, 6) is -0.136. The Morgan fingerprint density at radius 3 is 2.17 bits per heavy atom. The van der Waals surface area contributed by atoms with Crippen molar-refractivity contribution in [3.8, 4) is 5.75 Å². The summed E-state index contributed by atoms with van der Waals surface area (Å²) < 4.78 is 79.0. The molecule has 0 unspecified atom stereocenters. The molecule has 11 heteroatoms. The molecule has 1 aliphatic heterocycles. The van der Waals surface area contributed by atoms with Gasteiger partial charge >= 0.3 is 6.18 Å². The molecule has 1 amide bonds. The van der Waals surface area contributed by atoms with E-state index in [9.17, 15) is 26.4 Å². The predicted molar refractivity (Wildman–Crippen MR) is 180 cm³/mol. The lowest BCUT2D eigenvalue weighted by Crippen LogP contribution is -2.50. The van der Waals surface area contributed by atoms with E-state index in [2.05, 4.69) is 4.72 Å². The van der Waals surface area contributed by atoms with Crippen LogP contribution < -0.4 is 19.3 Å². The number of hydrogen-bond acceptors (Lipinski definition) is 5. The van der Waals surface area contributed by atoms with Crippen LogP contribution in [0.4, 0.5) is 30.2 Å². The zero-order chi connectivity index (χ0) is 34.1. The average Bonchev–Trinajstić information content (AvgIpc) is 3.07. The second kappa shape index (κ2) is 13.1. The number of alkyl halides is 3. The van der Waals surface area contributed by atoms with E-state index in [1.807, 2.05) is 44.2 Å². The van der Waals surface area contributed by atoms with E-state index in [-0.39, 0.29) is 22.6 Å². The van der Waals surface area contributed by atoms with Gasteiger partial charge in [-0.25, -0.2) is 8.42 Å². The molecule has 0 fully saturated rings. The van der Waals surface area contributed by atoms with E-state index < -0.39 is 33.8 Å². The molecule has 5 aromatic carbocycles. The highest BCUT2D eigenvalue weighted by Crippen LogP contribution is 2.46. The Morgan fingerprint density at radius 2 is 1.50 bits per heavy atom. The number of hydrogen-bond donors (Lipinski definition) is 1. The first-order chi connectivity index (χ1) is 23.0. The predicted octanol–water partition coefficient (Wildman–Crippen LogP) is 8.58. The Labute approximate surface area is 277 Å². The summed E-state index contributed by atoms with van der Waals surface area (Å²) >= 11 is 0. The van der Waals surface area contributed by atoms with Crippen molar-refractivity contribution in [1.82, 2.24) is 0 Å². The maximum Gasteiger partial charge on any atom is 0.416 e. The molecule has 0 saturated carbocycles. The molecule has 0 spiro atoms. The number of sulfonamides is 1. The van der Waals surface area contributed by atoms with Crippen LogP contribution in [0, 0.1) is 6.92 Å². The van der Waals surface area contributed by atoms with Crippen molar-refractivity contribution < 1.29 is 31.1 Å². The van der Waals surface area contributed by atoms with Crippen LogP contribution in [0.3, 0.4) is 0 Å². The topological polar surface area (TPSA) is 78.9 Å². The van der Waals surface area contributed by atoms with Crippen LogP contribution in [0.1, 0.15) is 45.7 Å². The molecule has 1 atom stereocenters. The summed E-state index contributed by atoms with van der Waals surface area (Å²) in [4.78, 5) is 17.4. The molecule has 1 heterocycles. The molecule has 5 aromatic rings. The number of halogens is 3. The fourth-order valence-electron chi connectivity index (χ4n) is 5.82. The highest BCUT2D eigenvalue weighted by molar-refractivity contribution is 7.92. The Balaban J connectivity index is 1.56. The third-order valence-electron chi connectivity index (χ3n) is 8.05. The zero-order valence-corrected chi connectivity index (χ0v) is 26.9. The number of benzene rings is 5. The van der Waals surface area contributed by atoms with Crippen LogP contribution in [0.2, 0.25) is 0 Å². The summed E-state index contributed by atoms with van der Waals surface area (Å²) in [7, 11) is -4.15. The van der Waals surface area contributed by atoms with E-state index in [4.69, 9.17) is 4.74 Å². The van der Waals surface area contributed by atoms with Gasteiger partial charge in [0.05, 0.1) is 28.3 Å². The van der Waals surface area contributed by atoms with E-state index in [1.165, 1.54) is 41.3 Å². The number of rotatable bonds is 9. The second-order valence-corrected chi connectivity index (χ2v) is 13.0. The molecular formula is C37H32F3N3O4S. The van der Waals surface area contributed by atoms with E-state index >= 15 is 0 Å². The number of aryl methyl sites for hydroxylation is 1. The number of anilines is 3. The second-order valence-electron chi connectivity index (χ2n) is 11.3.